The Hall–Kier alpha value is -0.300. The Morgan fingerprint density at radius 2 is 1.68 bits per heavy atom. The van der Waals surface area contributed by atoms with E-state index in [0.717, 1.165) is 44.6 Å². The standard InChI is InChI=1S/C18H24BrF3N2.ClH/c19-16-11-14(10-15(12-16)18(20,21)22)17(13-4-2-1-3-5-13)24-8-6-23-7-9-24;/h10-13,17,23H,1-9H2;1H/t17-;/m1./s1. The van der Waals surface area contributed by atoms with Crippen LogP contribution >= 0.6 is 28.3 Å². The summed E-state index contributed by atoms with van der Waals surface area (Å²) < 4.78 is 40.3. The van der Waals surface area contributed by atoms with Gasteiger partial charge in [0.05, 0.1) is 5.56 Å². The quantitative estimate of drug-likeness (QED) is 0.674. The molecule has 0 unspecified atom stereocenters. The number of piperazine rings is 1. The van der Waals surface area contributed by atoms with Gasteiger partial charge in [-0.2, -0.15) is 13.2 Å². The molecule has 2 aliphatic rings. The van der Waals surface area contributed by atoms with Crippen LogP contribution in [0.3, 0.4) is 0 Å². The molecule has 0 radical (unpaired) electrons. The maximum atomic E-state index is 13.3. The molecule has 1 atom stereocenters. The largest absolute Gasteiger partial charge is 0.416 e. The maximum Gasteiger partial charge on any atom is 0.416 e. The summed E-state index contributed by atoms with van der Waals surface area (Å²) >= 11 is 3.29. The van der Waals surface area contributed by atoms with Crippen molar-refractivity contribution < 1.29 is 13.2 Å². The minimum atomic E-state index is -4.31. The Labute approximate surface area is 162 Å². The van der Waals surface area contributed by atoms with Crippen LogP contribution in [-0.4, -0.2) is 31.1 Å². The molecule has 1 aromatic carbocycles. The normalized spacial score (nSPS) is 21.6. The predicted octanol–water partition coefficient (Wildman–Crippen LogP) is 5.42. The van der Waals surface area contributed by atoms with E-state index in [9.17, 15) is 13.2 Å². The lowest BCUT2D eigenvalue weighted by Gasteiger charge is -2.41. The molecule has 1 saturated heterocycles. The fraction of sp³-hybridized carbons (Fsp3) is 0.667. The Morgan fingerprint density at radius 1 is 1.04 bits per heavy atom. The average Bonchev–Trinajstić information content (AvgIpc) is 2.56. The third-order valence-electron chi connectivity index (χ3n) is 5.23. The van der Waals surface area contributed by atoms with Gasteiger partial charge < -0.3 is 5.32 Å². The van der Waals surface area contributed by atoms with Crippen LogP contribution in [0.1, 0.15) is 49.3 Å². The minimum Gasteiger partial charge on any atom is -0.314 e. The maximum absolute atomic E-state index is 13.3. The lowest BCUT2D eigenvalue weighted by molar-refractivity contribution is -0.137. The molecule has 0 amide bonds. The molecule has 1 aliphatic carbocycles. The Morgan fingerprint density at radius 3 is 2.28 bits per heavy atom. The second kappa shape index (κ2) is 9.07. The van der Waals surface area contributed by atoms with Gasteiger partial charge in [0.1, 0.15) is 0 Å². The molecule has 1 N–H and O–H groups in total. The van der Waals surface area contributed by atoms with E-state index >= 15 is 0 Å². The van der Waals surface area contributed by atoms with Crippen LogP contribution in [0, 0.1) is 5.92 Å². The SMILES string of the molecule is Cl.FC(F)(F)c1cc(Br)cc([C@@H](C2CCCCC2)N2CCNCC2)c1. The average molecular weight is 442 g/mol. The first kappa shape index (κ1) is 21.0. The van der Waals surface area contributed by atoms with Crippen molar-refractivity contribution in [1.82, 2.24) is 10.2 Å². The van der Waals surface area contributed by atoms with Gasteiger partial charge in [0.15, 0.2) is 0 Å². The van der Waals surface area contributed by atoms with Crippen LogP contribution in [0.25, 0.3) is 0 Å². The third-order valence-corrected chi connectivity index (χ3v) is 5.69. The van der Waals surface area contributed by atoms with Crippen LogP contribution < -0.4 is 5.32 Å². The molecule has 0 aromatic heterocycles. The van der Waals surface area contributed by atoms with Crippen LogP contribution in [0.4, 0.5) is 13.2 Å². The highest BCUT2D eigenvalue weighted by Gasteiger charge is 2.35. The Kier molecular flexibility index (Phi) is 7.62. The zero-order valence-electron chi connectivity index (χ0n) is 14.1. The van der Waals surface area contributed by atoms with E-state index in [1.165, 1.54) is 31.4 Å². The van der Waals surface area contributed by atoms with Crippen molar-refractivity contribution in [3.8, 4) is 0 Å². The van der Waals surface area contributed by atoms with Crippen molar-refractivity contribution in [1.29, 1.82) is 0 Å². The molecular formula is C18H25BrClF3N2. The van der Waals surface area contributed by atoms with Gasteiger partial charge in [-0.15, -0.1) is 12.4 Å². The second-order valence-corrected chi connectivity index (χ2v) is 7.82. The highest BCUT2D eigenvalue weighted by atomic mass is 79.9. The number of alkyl halides is 3. The monoisotopic (exact) mass is 440 g/mol. The zero-order valence-corrected chi connectivity index (χ0v) is 16.5. The molecule has 2 fully saturated rings. The van der Waals surface area contributed by atoms with Crippen molar-refractivity contribution in [3.05, 3.63) is 33.8 Å². The van der Waals surface area contributed by atoms with Crippen molar-refractivity contribution >= 4 is 28.3 Å². The first-order chi connectivity index (χ1) is 11.4. The molecule has 2 nitrogen and oxygen atoms in total. The molecule has 1 aliphatic heterocycles. The summed E-state index contributed by atoms with van der Waals surface area (Å²) in [6.07, 6.45) is 1.54. The summed E-state index contributed by atoms with van der Waals surface area (Å²) in [6.45, 7) is 3.61. The lowest BCUT2D eigenvalue weighted by Crippen LogP contribution is -2.47. The second-order valence-electron chi connectivity index (χ2n) is 6.90. The Bertz CT molecular complexity index is 538. The molecule has 1 saturated carbocycles. The highest BCUT2D eigenvalue weighted by molar-refractivity contribution is 9.10. The summed E-state index contributed by atoms with van der Waals surface area (Å²) in [7, 11) is 0. The van der Waals surface area contributed by atoms with Crippen molar-refractivity contribution in [2.75, 3.05) is 26.2 Å². The van der Waals surface area contributed by atoms with E-state index in [-0.39, 0.29) is 18.4 Å². The fourth-order valence-corrected chi connectivity index (χ4v) is 4.65. The zero-order chi connectivity index (χ0) is 17.2. The highest BCUT2D eigenvalue weighted by Crippen LogP contribution is 2.41. The van der Waals surface area contributed by atoms with Gasteiger partial charge in [-0.05, 0) is 42.5 Å². The summed E-state index contributed by atoms with van der Waals surface area (Å²) in [5, 5.41) is 3.34. The topological polar surface area (TPSA) is 15.3 Å². The smallest absolute Gasteiger partial charge is 0.314 e. The van der Waals surface area contributed by atoms with E-state index in [0.29, 0.717) is 10.4 Å². The summed E-state index contributed by atoms with van der Waals surface area (Å²) in [5.74, 6) is 0.451. The molecule has 142 valence electrons. The molecule has 25 heavy (non-hydrogen) atoms. The van der Waals surface area contributed by atoms with Crippen molar-refractivity contribution in [2.45, 2.75) is 44.3 Å². The number of hydrogen-bond donors (Lipinski definition) is 1. The molecule has 7 heteroatoms. The predicted molar refractivity (Wildman–Crippen MR) is 100 cm³/mol. The number of halogens is 5. The van der Waals surface area contributed by atoms with Gasteiger partial charge >= 0.3 is 6.18 Å². The first-order valence-electron chi connectivity index (χ1n) is 8.77. The molecule has 0 spiro atoms. The number of nitrogens with zero attached hydrogens (tertiary/aromatic N) is 1. The van der Waals surface area contributed by atoms with Gasteiger partial charge in [0, 0.05) is 36.7 Å². The van der Waals surface area contributed by atoms with Gasteiger partial charge in [0.25, 0.3) is 0 Å². The van der Waals surface area contributed by atoms with Crippen molar-refractivity contribution in [3.63, 3.8) is 0 Å². The van der Waals surface area contributed by atoms with E-state index in [4.69, 9.17) is 0 Å². The fourth-order valence-electron chi connectivity index (χ4n) is 4.14. The molecule has 0 bridgehead atoms. The summed E-state index contributed by atoms with van der Waals surface area (Å²) in [6, 6.07) is 4.52. The van der Waals surface area contributed by atoms with Gasteiger partial charge in [-0.3, -0.25) is 4.90 Å². The van der Waals surface area contributed by atoms with Crippen LogP contribution in [0.5, 0.6) is 0 Å². The van der Waals surface area contributed by atoms with Crippen LogP contribution in [-0.2, 0) is 6.18 Å². The van der Waals surface area contributed by atoms with Crippen LogP contribution in [0.15, 0.2) is 22.7 Å². The third kappa shape index (κ3) is 5.34. The minimum absolute atomic E-state index is 0. The van der Waals surface area contributed by atoms with Gasteiger partial charge in [-0.1, -0.05) is 35.2 Å². The summed E-state index contributed by atoms with van der Waals surface area (Å²) in [5.41, 5.74) is 0.258. The number of benzene rings is 1. The van der Waals surface area contributed by atoms with E-state index < -0.39 is 11.7 Å². The molecule has 1 heterocycles. The van der Waals surface area contributed by atoms with Gasteiger partial charge in [-0.25, -0.2) is 0 Å². The van der Waals surface area contributed by atoms with E-state index in [1.807, 2.05) is 6.07 Å². The van der Waals surface area contributed by atoms with E-state index in [2.05, 4.69) is 26.1 Å². The number of nitrogens with one attached hydrogen (secondary N) is 1. The lowest BCUT2D eigenvalue weighted by atomic mass is 9.80. The Balaban J connectivity index is 0.00000225. The first-order valence-corrected chi connectivity index (χ1v) is 9.57. The number of hydrogen-bond acceptors (Lipinski definition) is 2. The van der Waals surface area contributed by atoms with Gasteiger partial charge in [0.2, 0.25) is 0 Å². The summed E-state index contributed by atoms with van der Waals surface area (Å²) in [4.78, 5) is 2.38. The van der Waals surface area contributed by atoms with Crippen LogP contribution in [0.2, 0.25) is 0 Å². The number of rotatable bonds is 3. The molecule has 1 aromatic rings. The van der Waals surface area contributed by atoms with Crippen molar-refractivity contribution in [2.24, 2.45) is 5.92 Å². The van der Waals surface area contributed by atoms with E-state index in [1.54, 1.807) is 0 Å². The molecular weight excluding hydrogens is 417 g/mol. The molecule has 3 rings (SSSR count).